The lowest BCUT2D eigenvalue weighted by atomic mass is 10.3. The molecule has 0 bridgehead atoms. The van der Waals surface area contributed by atoms with Crippen molar-refractivity contribution in [1.29, 1.82) is 0 Å². The Kier molecular flexibility index (Phi) is 4.63. The van der Waals surface area contributed by atoms with Gasteiger partial charge in [-0.25, -0.2) is 9.97 Å². The molecule has 0 aliphatic carbocycles. The third kappa shape index (κ3) is 3.58. The normalized spacial score (nSPS) is 15.3. The molecule has 0 radical (unpaired) electrons. The molecule has 1 fully saturated rings. The van der Waals surface area contributed by atoms with Gasteiger partial charge in [-0.3, -0.25) is 15.0 Å². The molecule has 9 heteroatoms. The Morgan fingerprint density at radius 2 is 2.08 bits per heavy atom. The zero-order valence-electron chi connectivity index (χ0n) is 13.9. The summed E-state index contributed by atoms with van der Waals surface area (Å²) in [6, 6.07) is 6.99. The largest absolute Gasteiger partial charge is 0.462 e. The predicted molar refractivity (Wildman–Crippen MR) is 98.2 cm³/mol. The van der Waals surface area contributed by atoms with Crippen molar-refractivity contribution in [2.24, 2.45) is 0 Å². The minimum Gasteiger partial charge on any atom is -0.462 e. The van der Waals surface area contributed by atoms with Gasteiger partial charge in [0.2, 0.25) is 0 Å². The van der Waals surface area contributed by atoms with Crippen LogP contribution in [-0.4, -0.2) is 46.0 Å². The molecule has 0 atom stereocenters. The molecule has 0 amide bonds. The number of thiazole rings is 1. The third-order valence-corrected chi connectivity index (χ3v) is 5.21. The Labute approximate surface area is 153 Å². The molecule has 4 heterocycles. The van der Waals surface area contributed by atoms with Gasteiger partial charge in [0.25, 0.3) is 5.69 Å². The van der Waals surface area contributed by atoms with Gasteiger partial charge in [0.15, 0.2) is 10.8 Å². The Morgan fingerprint density at radius 3 is 2.73 bits per heavy atom. The molecular formula is C17H17N5O3S. The molecule has 0 N–H and O–H groups in total. The molecular weight excluding hydrogens is 354 g/mol. The van der Waals surface area contributed by atoms with Crippen molar-refractivity contribution in [1.82, 2.24) is 14.9 Å². The summed E-state index contributed by atoms with van der Waals surface area (Å²) >= 11 is 1.59. The smallest absolute Gasteiger partial charge is 0.287 e. The zero-order chi connectivity index (χ0) is 17.9. The first-order chi connectivity index (χ1) is 12.7. The first kappa shape index (κ1) is 16.7. The van der Waals surface area contributed by atoms with Crippen LogP contribution in [0.3, 0.4) is 0 Å². The lowest BCUT2D eigenvalue weighted by molar-refractivity contribution is -0.385. The SMILES string of the molecule is O=[N+]([O-])c1ccc(N2CCN(Cc3csc(-c4ccco4)n3)CC2)nc1. The van der Waals surface area contributed by atoms with E-state index in [0.717, 1.165) is 55.0 Å². The van der Waals surface area contributed by atoms with Crippen LogP contribution in [-0.2, 0) is 6.54 Å². The standard InChI is InChI=1S/C17H17N5O3S/c23-22(24)14-3-4-16(18-10-14)21-7-5-20(6-8-21)11-13-12-26-17(19-13)15-2-1-9-25-15/h1-4,9-10,12H,5-8,11H2. The number of piperazine rings is 1. The van der Waals surface area contributed by atoms with Crippen molar-refractivity contribution < 1.29 is 9.34 Å². The van der Waals surface area contributed by atoms with Gasteiger partial charge in [0.1, 0.15) is 12.0 Å². The van der Waals surface area contributed by atoms with Crippen molar-refractivity contribution >= 4 is 22.8 Å². The monoisotopic (exact) mass is 371 g/mol. The molecule has 3 aromatic rings. The third-order valence-electron chi connectivity index (χ3n) is 4.31. The molecule has 1 aliphatic rings. The molecule has 26 heavy (non-hydrogen) atoms. The van der Waals surface area contributed by atoms with E-state index < -0.39 is 4.92 Å². The summed E-state index contributed by atoms with van der Waals surface area (Å²) in [4.78, 5) is 23.6. The van der Waals surface area contributed by atoms with Crippen molar-refractivity contribution in [2.45, 2.75) is 6.54 Å². The van der Waals surface area contributed by atoms with Crippen LogP contribution in [0.5, 0.6) is 0 Å². The summed E-state index contributed by atoms with van der Waals surface area (Å²) in [5.74, 6) is 1.58. The molecule has 0 unspecified atom stereocenters. The van der Waals surface area contributed by atoms with Crippen LogP contribution in [0.1, 0.15) is 5.69 Å². The summed E-state index contributed by atoms with van der Waals surface area (Å²) in [6.45, 7) is 4.26. The first-order valence-electron chi connectivity index (χ1n) is 8.25. The second-order valence-corrected chi connectivity index (χ2v) is 6.87. The topological polar surface area (TPSA) is 88.5 Å². The molecule has 0 saturated carbocycles. The number of nitrogens with zero attached hydrogens (tertiary/aromatic N) is 5. The average Bonchev–Trinajstić information content (AvgIpc) is 3.34. The van der Waals surface area contributed by atoms with E-state index in [-0.39, 0.29) is 5.69 Å². The van der Waals surface area contributed by atoms with Crippen LogP contribution in [0.15, 0.2) is 46.5 Å². The average molecular weight is 371 g/mol. The second kappa shape index (κ2) is 7.22. The van der Waals surface area contributed by atoms with E-state index in [4.69, 9.17) is 4.42 Å². The number of rotatable bonds is 5. The molecule has 134 valence electrons. The van der Waals surface area contributed by atoms with Crippen LogP contribution < -0.4 is 4.90 Å². The van der Waals surface area contributed by atoms with E-state index in [0.29, 0.717) is 0 Å². The quantitative estimate of drug-likeness (QED) is 0.503. The highest BCUT2D eigenvalue weighted by Crippen LogP contribution is 2.25. The molecule has 0 spiro atoms. The van der Waals surface area contributed by atoms with Gasteiger partial charge in [-0.05, 0) is 18.2 Å². The van der Waals surface area contributed by atoms with Crippen LogP contribution >= 0.6 is 11.3 Å². The summed E-state index contributed by atoms with van der Waals surface area (Å²) in [5.41, 5.74) is 1.06. The van der Waals surface area contributed by atoms with Crippen molar-refractivity contribution in [3.05, 3.63) is 57.9 Å². The van der Waals surface area contributed by atoms with Crippen LogP contribution in [0, 0.1) is 10.1 Å². The molecule has 0 aromatic carbocycles. The summed E-state index contributed by atoms with van der Waals surface area (Å²) < 4.78 is 5.39. The highest BCUT2D eigenvalue weighted by molar-refractivity contribution is 7.13. The Morgan fingerprint density at radius 1 is 1.23 bits per heavy atom. The van der Waals surface area contributed by atoms with Gasteiger partial charge < -0.3 is 9.32 Å². The van der Waals surface area contributed by atoms with Gasteiger partial charge in [0.05, 0.1) is 16.9 Å². The highest BCUT2D eigenvalue weighted by Gasteiger charge is 2.20. The summed E-state index contributed by atoms with van der Waals surface area (Å²) in [7, 11) is 0. The number of hydrogen-bond acceptors (Lipinski definition) is 8. The number of furan rings is 1. The van der Waals surface area contributed by atoms with Crippen molar-refractivity contribution in [3.63, 3.8) is 0 Å². The van der Waals surface area contributed by atoms with Crippen LogP contribution in [0.25, 0.3) is 10.8 Å². The number of pyridine rings is 1. The second-order valence-electron chi connectivity index (χ2n) is 6.02. The number of hydrogen-bond donors (Lipinski definition) is 0. The number of anilines is 1. The van der Waals surface area contributed by atoms with E-state index in [9.17, 15) is 10.1 Å². The van der Waals surface area contributed by atoms with E-state index in [1.165, 1.54) is 12.3 Å². The highest BCUT2D eigenvalue weighted by atomic mass is 32.1. The summed E-state index contributed by atoms with van der Waals surface area (Å²) in [5, 5.41) is 13.7. The maximum atomic E-state index is 10.7. The molecule has 1 saturated heterocycles. The van der Waals surface area contributed by atoms with E-state index in [1.807, 2.05) is 12.1 Å². The fourth-order valence-electron chi connectivity index (χ4n) is 2.93. The predicted octanol–water partition coefficient (Wildman–Crippen LogP) is 3.03. The zero-order valence-corrected chi connectivity index (χ0v) is 14.8. The molecule has 8 nitrogen and oxygen atoms in total. The summed E-state index contributed by atoms with van der Waals surface area (Å²) in [6.07, 6.45) is 2.97. The fourth-order valence-corrected chi connectivity index (χ4v) is 3.71. The van der Waals surface area contributed by atoms with E-state index in [1.54, 1.807) is 23.7 Å². The molecule has 3 aromatic heterocycles. The van der Waals surface area contributed by atoms with Gasteiger partial charge in [-0.2, -0.15) is 0 Å². The molecule has 4 rings (SSSR count). The minimum atomic E-state index is -0.431. The number of aromatic nitrogens is 2. The lowest BCUT2D eigenvalue weighted by Gasteiger charge is -2.34. The Hall–Kier alpha value is -2.78. The van der Waals surface area contributed by atoms with Gasteiger partial charge >= 0.3 is 0 Å². The van der Waals surface area contributed by atoms with E-state index in [2.05, 4.69) is 25.1 Å². The van der Waals surface area contributed by atoms with Crippen LogP contribution in [0.2, 0.25) is 0 Å². The maximum absolute atomic E-state index is 10.7. The first-order valence-corrected chi connectivity index (χ1v) is 9.13. The van der Waals surface area contributed by atoms with Gasteiger partial charge in [-0.15, -0.1) is 11.3 Å². The van der Waals surface area contributed by atoms with Crippen LogP contribution in [0.4, 0.5) is 11.5 Å². The lowest BCUT2D eigenvalue weighted by Crippen LogP contribution is -2.46. The Balaban J connectivity index is 1.33. The Bertz CT molecular complexity index is 870. The minimum absolute atomic E-state index is 0.0169. The van der Waals surface area contributed by atoms with Crippen molar-refractivity contribution in [3.8, 4) is 10.8 Å². The maximum Gasteiger partial charge on any atom is 0.287 e. The number of nitro groups is 1. The van der Waals surface area contributed by atoms with Crippen molar-refractivity contribution in [2.75, 3.05) is 31.1 Å². The molecule has 1 aliphatic heterocycles. The van der Waals surface area contributed by atoms with Gasteiger partial charge in [-0.1, -0.05) is 0 Å². The van der Waals surface area contributed by atoms with E-state index >= 15 is 0 Å². The van der Waals surface area contributed by atoms with Gasteiger partial charge in [0, 0.05) is 44.2 Å². The fraction of sp³-hybridized carbons (Fsp3) is 0.294.